The summed E-state index contributed by atoms with van der Waals surface area (Å²) in [4.78, 5) is 0. The fraction of sp³-hybridized carbons (Fsp3) is 0.167. The highest BCUT2D eigenvalue weighted by atomic mass is 14.9. The highest BCUT2D eigenvalue weighted by Gasteiger charge is 2.10. The Morgan fingerprint density at radius 2 is 2.21 bits per heavy atom. The maximum Gasteiger partial charge on any atom is 0.0435 e. The van der Waals surface area contributed by atoms with Crippen molar-refractivity contribution in [3.05, 3.63) is 48.8 Å². The maximum absolute atomic E-state index is 3.94. The van der Waals surface area contributed by atoms with Crippen molar-refractivity contribution in [1.29, 1.82) is 0 Å². The number of nitrogens with one attached hydrogen (secondary N) is 2. The van der Waals surface area contributed by atoms with Crippen molar-refractivity contribution in [2.24, 2.45) is 0 Å². The van der Waals surface area contributed by atoms with E-state index in [9.17, 15) is 0 Å². The van der Waals surface area contributed by atoms with Crippen molar-refractivity contribution in [3.63, 3.8) is 0 Å². The Kier molecular flexibility index (Phi) is 2.27. The number of aryl methyl sites for hydroxylation is 1. The summed E-state index contributed by atoms with van der Waals surface area (Å²) < 4.78 is 0. The van der Waals surface area contributed by atoms with Crippen molar-refractivity contribution in [2.45, 2.75) is 12.8 Å². The Labute approximate surface area is 84.3 Å². The van der Waals surface area contributed by atoms with Crippen LogP contribution in [0.2, 0.25) is 0 Å². The molecule has 72 valence electrons. The number of rotatable bonds is 2. The van der Waals surface area contributed by atoms with E-state index in [4.69, 9.17) is 0 Å². The molecule has 1 aromatic carbocycles. The molecule has 0 amide bonds. The first kappa shape index (κ1) is 8.88. The van der Waals surface area contributed by atoms with E-state index >= 15 is 0 Å². The van der Waals surface area contributed by atoms with Gasteiger partial charge in [-0.25, -0.2) is 0 Å². The van der Waals surface area contributed by atoms with E-state index in [2.05, 4.69) is 42.0 Å². The normalized spacial score (nSPS) is 14.1. The number of hydrogen-bond acceptors (Lipinski definition) is 2. The summed E-state index contributed by atoms with van der Waals surface area (Å²) in [5, 5.41) is 6.36. The first-order valence-electron chi connectivity index (χ1n) is 4.75. The van der Waals surface area contributed by atoms with Crippen molar-refractivity contribution < 1.29 is 0 Å². The molecule has 1 heterocycles. The molecule has 2 rings (SSSR count). The number of hydrogen-bond donors (Lipinski definition) is 2. The van der Waals surface area contributed by atoms with Gasteiger partial charge in [-0.3, -0.25) is 0 Å². The number of allylic oxidation sites excluding steroid dienone is 1. The van der Waals surface area contributed by atoms with Crippen LogP contribution in [0.25, 0.3) is 0 Å². The first-order chi connectivity index (χ1) is 6.79. The van der Waals surface area contributed by atoms with E-state index in [1.54, 1.807) is 6.20 Å². The predicted octanol–water partition coefficient (Wildman–Crippen LogP) is 3.11. The van der Waals surface area contributed by atoms with Crippen molar-refractivity contribution in [2.75, 3.05) is 10.6 Å². The summed E-state index contributed by atoms with van der Waals surface area (Å²) in [5.74, 6) is 0. The van der Waals surface area contributed by atoms with Gasteiger partial charge in [0, 0.05) is 17.1 Å². The predicted molar refractivity (Wildman–Crippen MR) is 61.3 cm³/mol. The van der Waals surface area contributed by atoms with Crippen LogP contribution in [0.3, 0.4) is 0 Å². The van der Waals surface area contributed by atoms with Crippen molar-refractivity contribution in [3.8, 4) is 0 Å². The Bertz CT molecular complexity index is 380. The van der Waals surface area contributed by atoms with Crippen LogP contribution in [-0.2, 0) is 6.42 Å². The van der Waals surface area contributed by atoms with Gasteiger partial charge in [0.15, 0.2) is 0 Å². The molecule has 14 heavy (non-hydrogen) atoms. The van der Waals surface area contributed by atoms with E-state index in [-0.39, 0.29) is 0 Å². The lowest BCUT2D eigenvalue weighted by molar-refractivity contribution is 0.919. The molecule has 0 radical (unpaired) electrons. The topological polar surface area (TPSA) is 24.1 Å². The third-order valence-corrected chi connectivity index (χ3v) is 2.39. The summed E-state index contributed by atoms with van der Waals surface area (Å²) in [7, 11) is 0. The molecule has 0 aromatic heterocycles. The molecular weight excluding hydrogens is 172 g/mol. The molecule has 0 bridgehead atoms. The van der Waals surface area contributed by atoms with Gasteiger partial charge in [0.1, 0.15) is 0 Å². The van der Waals surface area contributed by atoms with E-state index in [0.717, 1.165) is 29.9 Å². The zero-order valence-corrected chi connectivity index (χ0v) is 8.14. The van der Waals surface area contributed by atoms with Gasteiger partial charge in [-0.15, -0.1) is 0 Å². The number of benzene rings is 1. The molecule has 0 saturated heterocycles. The number of fused-ring (bicyclic) bond motifs is 1. The number of anilines is 2. The Hall–Kier alpha value is -1.70. The van der Waals surface area contributed by atoms with Crippen LogP contribution in [0.4, 0.5) is 11.4 Å². The van der Waals surface area contributed by atoms with Gasteiger partial charge < -0.3 is 10.6 Å². The van der Waals surface area contributed by atoms with E-state index < -0.39 is 0 Å². The van der Waals surface area contributed by atoms with Gasteiger partial charge >= 0.3 is 0 Å². The Morgan fingerprint density at radius 1 is 1.36 bits per heavy atom. The summed E-state index contributed by atoms with van der Waals surface area (Å²) in [6.07, 6.45) is 3.79. The quantitative estimate of drug-likeness (QED) is 0.741. The molecule has 0 fully saturated rings. The van der Waals surface area contributed by atoms with Crippen LogP contribution < -0.4 is 10.6 Å². The Morgan fingerprint density at radius 3 is 3.00 bits per heavy atom. The second-order valence-corrected chi connectivity index (χ2v) is 3.45. The zero-order valence-electron chi connectivity index (χ0n) is 8.14. The molecule has 2 N–H and O–H groups in total. The SMILES string of the molecule is C=CNc1ccc2c(c1)NC(=C)CC2. The third-order valence-electron chi connectivity index (χ3n) is 2.39. The van der Waals surface area contributed by atoms with Gasteiger partial charge in [0.25, 0.3) is 0 Å². The lowest BCUT2D eigenvalue weighted by atomic mass is 10.0. The van der Waals surface area contributed by atoms with E-state index in [0.29, 0.717) is 0 Å². The van der Waals surface area contributed by atoms with Crippen LogP contribution in [0.1, 0.15) is 12.0 Å². The highest BCUT2D eigenvalue weighted by Crippen LogP contribution is 2.28. The summed E-state index contributed by atoms with van der Waals surface area (Å²) in [5.41, 5.74) is 4.66. The Balaban J connectivity index is 2.32. The van der Waals surface area contributed by atoms with Crippen LogP contribution in [0.15, 0.2) is 43.3 Å². The smallest absolute Gasteiger partial charge is 0.0435 e. The molecule has 2 heteroatoms. The molecule has 0 atom stereocenters. The third kappa shape index (κ3) is 1.64. The van der Waals surface area contributed by atoms with Crippen LogP contribution in [0.5, 0.6) is 0 Å². The van der Waals surface area contributed by atoms with Crippen LogP contribution in [-0.4, -0.2) is 0 Å². The molecular formula is C12H14N2. The largest absolute Gasteiger partial charge is 0.362 e. The maximum atomic E-state index is 3.94. The molecule has 2 nitrogen and oxygen atoms in total. The highest BCUT2D eigenvalue weighted by molar-refractivity contribution is 5.65. The molecule has 0 saturated carbocycles. The molecule has 1 aliphatic heterocycles. The molecule has 0 aliphatic carbocycles. The zero-order chi connectivity index (χ0) is 9.97. The average molecular weight is 186 g/mol. The van der Waals surface area contributed by atoms with Crippen molar-refractivity contribution in [1.82, 2.24) is 0 Å². The first-order valence-corrected chi connectivity index (χ1v) is 4.75. The minimum absolute atomic E-state index is 1.03. The minimum Gasteiger partial charge on any atom is -0.362 e. The fourth-order valence-electron chi connectivity index (χ4n) is 1.66. The molecule has 0 spiro atoms. The van der Waals surface area contributed by atoms with E-state index in [1.807, 2.05) is 0 Å². The monoisotopic (exact) mass is 186 g/mol. The average Bonchev–Trinajstić information content (AvgIpc) is 2.17. The fourth-order valence-corrected chi connectivity index (χ4v) is 1.66. The minimum atomic E-state index is 1.03. The van der Waals surface area contributed by atoms with Gasteiger partial charge in [-0.2, -0.15) is 0 Å². The lowest BCUT2D eigenvalue weighted by Gasteiger charge is -2.20. The second kappa shape index (κ2) is 3.58. The summed E-state index contributed by atoms with van der Waals surface area (Å²) in [6, 6.07) is 6.29. The molecule has 0 unspecified atom stereocenters. The molecule has 1 aliphatic rings. The van der Waals surface area contributed by atoms with Gasteiger partial charge in [-0.05, 0) is 36.7 Å². The van der Waals surface area contributed by atoms with Crippen molar-refractivity contribution >= 4 is 11.4 Å². The second-order valence-electron chi connectivity index (χ2n) is 3.45. The van der Waals surface area contributed by atoms with Gasteiger partial charge in [0.05, 0.1) is 0 Å². The standard InChI is InChI=1S/C12H14N2/c1-3-13-11-7-6-10-5-4-9(2)14-12(10)8-11/h3,6-8,13-14H,1-2,4-5H2. The van der Waals surface area contributed by atoms with Gasteiger partial charge in [0.2, 0.25) is 0 Å². The summed E-state index contributed by atoms with van der Waals surface area (Å²) in [6.45, 7) is 7.57. The van der Waals surface area contributed by atoms with Crippen LogP contribution in [0, 0.1) is 0 Å². The van der Waals surface area contributed by atoms with E-state index in [1.165, 1.54) is 5.56 Å². The summed E-state index contributed by atoms with van der Waals surface area (Å²) >= 11 is 0. The lowest BCUT2D eigenvalue weighted by Crippen LogP contribution is -2.09. The molecule has 1 aromatic rings. The van der Waals surface area contributed by atoms with Gasteiger partial charge in [-0.1, -0.05) is 19.2 Å². The van der Waals surface area contributed by atoms with Crippen LogP contribution >= 0.6 is 0 Å².